The first-order valence-corrected chi connectivity index (χ1v) is 8.72. The van der Waals surface area contributed by atoms with Crippen LogP contribution in [0.3, 0.4) is 0 Å². The zero-order valence-electron chi connectivity index (χ0n) is 13.7. The molecule has 0 aliphatic rings. The average Bonchev–Trinajstić information content (AvgIpc) is 2.62. The summed E-state index contributed by atoms with van der Waals surface area (Å²) in [6, 6.07) is 12.9. The summed E-state index contributed by atoms with van der Waals surface area (Å²) in [6.07, 6.45) is 1.59. The Kier molecular flexibility index (Phi) is 5.71. The van der Waals surface area contributed by atoms with Crippen LogP contribution in [0.1, 0.15) is 5.56 Å². The van der Waals surface area contributed by atoms with Gasteiger partial charge in [0.2, 0.25) is 11.7 Å². The number of aromatic nitrogens is 2. The number of anilines is 2. The number of halogens is 3. The van der Waals surface area contributed by atoms with E-state index in [0.717, 1.165) is 5.56 Å². The molecule has 0 atom stereocenters. The lowest BCUT2D eigenvalue weighted by atomic mass is 10.2. The number of benzene rings is 2. The zero-order valence-corrected chi connectivity index (χ0v) is 15.9. The molecule has 0 unspecified atom stereocenters. The second-order valence-electron chi connectivity index (χ2n) is 5.42. The monoisotopic (exact) mass is 409 g/mol. The molecule has 8 heteroatoms. The van der Waals surface area contributed by atoms with Gasteiger partial charge in [-0.2, -0.15) is 4.98 Å². The van der Waals surface area contributed by atoms with Gasteiger partial charge in [-0.3, -0.25) is 4.79 Å². The highest BCUT2D eigenvalue weighted by Crippen LogP contribution is 2.33. The van der Waals surface area contributed by atoms with Crippen molar-refractivity contribution >= 4 is 46.4 Å². The minimum atomic E-state index is -0.490. The van der Waals surface area contributed by atoms with E-state index in [1.165, 1.54) is 13.2 Å². The van der Waals surface area contributed by atoms with E-state index >= 15 is 0 Å². The molecule has 2 aromatic carbocycles. The normalized spacial score (nSPS) is 10.6. The maximum atomic E-state index is 12.1. The third-order valence-corrected chi connectivity index (χ3v) is 4.67. The molecule has 134 valence electrons. The van der Waals surface area contributed by atoms with Crippen molar-refractivity contribution in [2.75, 3.05) is 12.4 Å². The van der Waals surface area contributed by atoms with E-state index in [1.807, 2.05) is 30.3 Å². The highest BCUT2D eigenvalue weighted by atomic mass is 35.5. The molecule has 5 nitrogen and oxygen atoms in total. The maximum absolute atomic E-state index is 12.1. The second-order valence-corrected chi connectivity index (χ2v) is 6.64. The van der Waals surface area contributed by atoms with Crippen molar-refractivity contribution in [3.05, 3.63) is 79.6 Å². The van der Waals surface area contributed by atoms with E-state index in [9.17, 15) is 4.79 Å². The van der Waals surface area contributed by atoms with Crippen LogP contribution in [-0.2, 0) is 6.54 Å². The number of methoxy groups -OCH3 is 1. The molecule has 0 aliphatic carbocycles. The summed E-state index contributed by atoms with van der Waals surface area (Å²) in [6.45, 7) is 0.478. The number of rotatable bonds is 5. The van der Waals surface area contributed by atoms with Gasteiger partial charge in [0.25, 0.3) is 0 Å². The van der Waals surface area contributed by atoms with E-state index in [-0.39, 0.29) is 5.75 Å². The highest BCUT2D eigenvalue weighted by molar-refractivity contribution is 6.44. The van der Waals surface area contributed by atoms with E-state index in [2.05, 4.69) is 10.3 Å². The van der Waals surface area contributed by atoms with Crippen LogP contribution in [0.25, 0.3) is 0 Å². The molecule has 0 bridgehead atoms. The lowest BCUT2D eigenvalue weighted by Crippen LogP contribution is -2.18. The van der Waals surface area contributed by atoms with Crippen molar-refractivity contribution < 1.29 is 4.74 Å². The third kappa shape index (κ3) is 4.12. The van der Waals surface area contributed by atoms with E-state index < -0.39 is 5.56 Å². The topological polar surface area (TPSA) is 56.1 Å². The standard InChI is InChI=1S/C18H14Cl3N3O2/c1-26-16-10-24(9-11-5-3-2-4-6-11)18(23-17(16)25)22-15-8-13(20)12(19)7-14(15)21/h2-8,10H,9H2,1H3,(H,22,23,25). The van der Waals surface area contributed by atoms with Crippen LogP contribution in [0, 0.1) is 0 Å². The summed E-state index contributed by atoms with van der Waals surface area (Å²) in [5.41, 5.74) is 1.03. The Bertz CT molecular complexity index is 991. The smallest absolute Gasteiger partial charge is 0.316 e. The Morgan fingerprint density at radius 1 is 1.08 bits per heavy atom. The lowest BCUT2D eigenvalue weighted by Gasteiger charge is -2.16. The molecule has 0 fully saturated rings. The summed E-state index contributed by atoms with van der Waals surface area (Å²) in [5, 5.41) is 4.08. The largest absolute Gasteiger partial charge is 0.490 e. The van der Waals surface area contributed by atoms with E-state index in [1.54, 1.807) is 16.8 Å². The molecule has 3 aromatic rings. The molecule has 1 aromatic heterocycles. The van der Waals surface area contributed by atoms with Gasteiger partial charge in [-0.15, -0.1) is 0 Å². The van der Waals surface area contributed by atoms with Gasteiger partial charge in [0.05, 0.1) is 40.6 Å². The SMILES string of the molecule is COc1cn(Cc2ccccc2)c(Nc2cc(Cl)c(Cl)cc2Cl)nc1=O. The van der Waals surface area contributed by atoms with Crippen molar-refractivity contribution in [1.29, 1.82) is 0 Å². The van der Waals surface area contributed by atoms with Gasteiger partial charge in [0.1, 0.15) is 0 Å². The number of hydrogen-bond acceptors (Lipinski definition) is 4. The number of hydrogen-bond donors (Lipinski definition) is 1. The lowest BCUT2D eigenvalue weighted by molar-refractivity contribution is 0.402. The Balaban J connectivity index is 2.04. The van der Waals surface area contributed by atoms with Crippen LogP contribution in [-0.4, -0.2) is 16.7 Å². The van der Waals surface area contributed by atoms with Gasteiger partial charge in [0.15, 0.2) is 0 Å². The van der Waals surface area contributed by atoms with Crippen LogP contribution in [0.15, 0.2) is 53.5 Å². The van der Waals surface area contributed by atoms with Gasteiger partial charge < -0.3 is 14.6 Å². The molecule has 0 radical (unpaired) electrons. The average molecular weight is 411 g/mol. The van der Waals surface area contributed by atoms with Crippen molar-refractivity contribution in [1.82, 2.24) is 9.55 Å². The van der Waals surface area contributed by atoms with E-state index in [0.29, 0.717) is 33.2 Å². The molecule has 3 rings (SSSR count). The Labute approximate surface area is 165 Å². The van der Waals surface area contributed by atoms with Crippen LogP contribution < -0.4 is 15.6 Å². The van der Waals surface area contributed by atoms with Crippen LogP contribution >= 0.6 is 34.8 Å². The Hall–Kier alpha value is -2.21. The van der Waals surface area contributed by atoms with Crippen molar-refractivity contribution in [3.8, 4) is 5.75 Å². The first kappa shape index (κ1) is 18.6. The molecule has 26 heavy (non-hydrogen) atoms. The number of nitrogens with zero attached hydrogens (tertiary/aromatic N) is 2. The molecular formula is C18H14Cl3N3O2. The van der Waals surface area contributed by atoms with Crippen molar-refractivity contribution in [2.24, 2.45) is 0 Å². The highest BCUT2D eigenvalue weighted by Gasteiger charge is 2.13. The predicted molar refractivity (Wildman–Crippen MR) is 105 cm³/mol. The van der Waals surface area contributed by atoms with Crippen LogP contribution in [0.2, 0.25) is 15.1 Å². The first-order chi connectivity index (χ1) is 12.5. The second kappa shape index (κ2) is 7.99. The predicted octanol–water partition coefficient (Wildman–Crippen LogP) is 5.00. The van der Waals surface area contributed by atoms with Crippen molar-refractivity contribution in [2.45, 2.75) is 6.54 Å². The maximum Gasteiger partial charge on any atom is 0.316 e. The molecular weight excluding hydrogens is 397 g/mol. The third-order valence-electron chi connectivity index (χ3n) is 3.64. The van der Waals surface area contributed by atoms with Gasteiger partial charge >= 0.3 is 5.56 Å². The van der Waals surface area contributed by atoms with E-state index in [4.69, 9.17) is 39.5 Å². The quantitative estimate of drug-likeness (QED) is 0.601. The fourth-order valence-electron chi connectivity index (χ4n) is 2.35. The molecule has 0 aliphatic heterocycles. The van der Waals surface area contributed by atoms with Crippen molar-refractivity contribution in [3.63, 3.8) is 0 Å². The fourth-order valence-corrected chi connectivity index (χ4v) is 2.95. The molecule has 0 spiro atoms. The number of ether oxygens (including phenoxy) is 1. The molecule has 0 amide bonds. The van der Waals surface area contributed by atoms with Crippen LogP contribution in [0.5, 0.6) is 5.75 Å². The Morgan fingerprint density at radius 3 is 2.46 bits per heavy atom. The van der Waals surface area contributed by atoms with Crippen LogP contribution in [0.4, 0.5) is 11.6 Å². The number of nitrogens with one attached hydrogen (secondary N) is 1. The summed E-state index contributed by atoms with van der Waals surface area (Å²) >= 11 is 18.2. The van der Waals surface area contributed by atoms with Gasteiger partial charge in [-0.05, 0) is 17.7 Å². The summed E-state index contributed by atoms with van der Waals surface area (Å²) in [5.74, 6) is 0.451. The summed E-state index contributed by atoms with van der Waals surface area (Å²) in [7, 11) is 1.42. The van der Waals surface area contributed by atoms with Gasteiger partial charge in [-0.1, -0.05) is 65.1 Å². The first-order valence-electron chi connectivity index (χ1n) is 7.59. The Morgan fingerprint density at radius 2 is 1.77 bits per heavy atom. The minimum absolute atomic E-state index is 0.145. The van der Waals surface area contributed by atoms with Gasteiger partial charge in [-0.25, -0.2) is 0 Å². The minimum Gasteiger partial charge on any atom is -0.490 e. The summed E-state index contributed by atoms with van der Waals surface area (Å²) < 4.78 is 6.86. The fraction of sp³-hybridized carbons (Fsp3) is 0.111. The molecule has 1 heterocycles. The molecule has 0 saturated heterocycles. The summed E-state index contributed by atoms with van der Waals surface area (Å²) in [4.78, 5) is 16.2. The molecule has 0 saturated carbocycles. The van der Waals surface area contributed by atoms with Gasteiger partial charge in [0, 0.05) is 0 Å². The zero-order chi connectivity index (χ0) is 18.7. The molecule has 1 N–H and O–H groups in total.